The van der Waals surface area contributed by atoms with Crippen molar-refractivity contribution in [2.75, 3.05) is 53.3 Å². The molecule has 0 fully saturated rings. The third-order valence-electron chi connectivity index (χ3n) is 5.17. The number of aromatic carboxylic acids is 1. The number of benzene rings is 2. The van der Waals surface area contributed by atoms with Crippen LogP contribution in [0.5, 0.6) is 0 Å². The van der Waals surface area contributed by atoms with Crippen molar-refractivity contribution >= 4 is 11.9 Å². The Bertz CT molecular complexity index is 928. The molecule has 3 rings (SSSR count). The molecular weight excluding hydrogens is 402 g/mol. The molecule has 1 aliphatic rings. The Morgan fingerprint density at radius 3 is 2.10 bits per heavy atom. The first-order valence-electron chi connectivity index (χ1n) is 10.1. The van der Waals surface area contributed by atoms with Gasteiger partial charge in [0, 0.05) is 25.1 Å². The second kappa shape index (κ2) is 11.0. The quantitative estimate of drug-likeness (QED) is 0.442. The number of rotatable bonds is 12. The lowest BCUT2D eigenvalue weighted by Crippen LogP contribution is -2.27. The number of ether oxygens (including phenoxy) is 3. The fourth-order valence-corrected chi connectivity index (χ4v) is 3.63. The fraction of sp³-hybridized carbons (Fsp3) is 0.391. The van der Waals surface area contributed by atoms with Crippen molar-refractivity contribution in [3.8, 4) is 11.1 Å². The molecule has 166 valence electrons. The standard InChI is InChI=1S/C23H27NO7/c1-29-8-9-31-11-10-30-7-6-24-22(26)15-2-4-17-18-5-3-16(23(27)28)13-20(18)21(14-25)19(17)12-15/h2-5,12-13,21,25H,6-11,14H2,1H3,(H,24,26)(H,27,28). The van der Waals surface area contributed by atoms with Crippen LogP contribution in [0.3, 0.4) is 0 Å². The highest BCUT2D eigenvalue weighted by Crippen LogP contribution is 2.45. The van der Waals surface area contributed by atoms with Crippen molar-refractivity contribution in [2.45, 2.75) is 5.92 Å². The van der Waals surface area contributed by atoms with E-state index in [4.69, 9.17) is 14.2 Å². The van der Waals surface area contributed by atoms with E-state index in [1.54, 1.807) is 37.4 Å². The largest absolute Gasteiger partial charge is 0.478 e. The number of carbonyl (C=O) groups is 2. The van der Waals surface area contributed by atoms with Crippen LogP contribution in [0.25, 0.3) is 11.1 Å². The number of aliphatic hydroxyl groups is 1. The molecule has 2 aromatic rings. The minimum Gasteiger partial charge on any atom is -0.478 e. The lowest BCUT2D eigenvalue weighted by Gasteiger charge is -2.12. The van der Waals surface area contributed by atoms with Gasteiger partial charge in [0.1, 0.15) is 0 Å². The zero-order valence-corrected chi connectivity index (χ0v) is 17.4. The molecule has 3 N–H and O–H groups in total. The monoisotopic (exact) mass is 429 g/mol. The van der Waals surface area contributed by atoms with E-state index in [0.717, 1.165) is 22.3 Å². The molecule has 0 spiro atoms. The summed E-state index contributed by atoms with van der Waals surface area (Å²) >= 11 is 0. The normalized spacial score (nSPS) is 14.2. The van der Waals surface area contributed by atoms with Crippen molar-refractivity contribution < 1.29 is 34.0 Å². The van der Waals surface area contributed by atoms with E-state index in [0.29, 0.717) is 45.1 Å². The van der Waals surface area contributed by atoms with E-state index in [1.165, 1.54) is 0 Å². The molecule has 8 heteroatoms. The average molecular weight is 429 g/mol. The minimum absolute atomic E-state index is 0.172. The highest BCUT2D eigenvalue weighted by Gasteiger charge is 2.29. The minimum atomic E-state index is -1.01. The first-order valence-corrected chi connectivity index (χ1v) is 10.1. The highest BCUT2D eigenvalue weighted by atomic mass is 16.5. The third kappa shape index (κ3) is 5.48. The maximum absolute atomic E-state index is 12.5. The predicted octanol–water partition coefficient (Wildman–Crippen LogP) is 1.90. The molecule has 0 heterocycles. The SMILES string of the molecule is COCCOCCOCCNC(=O)c1ccc2c(c1)C(CO)c1cc(C(=O)O)ccc1-2. The molecular formula is C23H27NO7. The second-order valence-corrected chi connectivity index (χ2v) is 7.12. The van der Waals surface area contributed by atoms with Gasteiger partial charge in [-0.25, -0.2) is 4.79 Å². The Hall–Kier alpha value is -2.78. The van der Waals surface area contributed by atoms with Gasteiger partial charge in [0.25, 0.3) is 5.91 Å². The van der Waals surface area contributed by atoms with Gasteiger partial charge in [-0.05, 0) is 46.5 Å². The van der Waals surface area contributed by atoms with Gasteiger partial charge in [0.05, 0.1) is 45.2 Å². The van der Waals surface area contributed by atoms with Crippen LogP contribution in [0.2, 0.25) is 0 Å². The molecule has 8 nitrogen and oxygen atoms in total. The molecule has 1 amide bonds. The number of aliphatic hydroxyl groups excluding tert-OH is 1. The first kappa shape index (κ1) is 22.9. The van der Waals surface area contributed by atoms with Crippen molar-refractivity contribution in [3.05, 3.63) is 58.7 Å². The van der Waals surface area contributed by atoms with E-state index >= 15 is 0 Å². The van der Waals surface area contributed by atoms with E-state index in [2.05, 4.69) is 5.32 Å². The number of nitrogens with one attached hydrogen (secondary N) is 1. The van der Waals surface area contributed by atoms with Gasteiger partial charge >= 0.3 is 5.97 Å². The molecule has 0 bridgehead atoms. The average Bonchev–Trinajstić information content (AvgIpc) is 3.09. The molecule has 0 saturated carbocycles. The number of amides is 1. The van der Waals surface area contributed by atoms with Gasteiger partial charge in [0.2, 0.25) is 0 Å². The van der Waals surface area contributed by atoms with Gasteiger partial charge in [-0.15, -0.1) is 0 Å². The maximum Gasteiger partial charge on any atom is 0.335 e. The fourth-order valence-electron chi connectivity index (χ4n) is 3.63. The van der Waals surface area contributed by atoms with Crippen LogP contribution in [-0.4, -0.2) is 75.4 Å². The van der Waals surface area contributed by atoms with E-state index in [-0.39, 0.29) is 24.0 Å². The van der Waals surface area contributed by atoms with Crippen LogP contribution in [0.1, 0.15) is 37.8 Å². The van der Waals surface area contributed by atoms with Crippen LogP contribution in [0.15, 0.2) is 36.4 Å². The van der Waals surface area contributed by atoms with Crippen molar-refractivity contribution in [2.24, 2.45) is 0 Å². The Kier molecular flexibility index (Phi) is 8.13. The summed E-state index contributed by atoms with van der Waals surface area (Å²) in [6.45, 7) is 2.52. The molecule has 1 atom stereocenters. The van der Waals surface area contributed by atoms with E-state index in [1.807, 2.05) is 6.07 Å². The number of carboxylic acids is 1. The molecule has 1 aliphatic carbocycles. The Labute approximate surface area is 180 Å². The molecule has 2 aromatic carbocycles. The van der Waals surface area contributed by atoms with Crippen LogP contribution >= 0.6 is 0 Å². The number of fused-ring (bicyclic) bond motifs is 3. The Morgan fingerprint density at radius 2 is 1.48 bits per heavy atom. The Morgan fingerprint density at radius 1 is 0.903 bits per heavy atom. The number of hydrogen-bond acceptors (Lipinski definition) is 6. The summed E-state index contributed by atoms with van der Waals surface area (Å²) in [4.78, 5) is 23.8. The van der Waals surface area contributed by atoms with Crippen LogP contribution in [-0.2, 0) is 14.2 Å². The molecule has 0 aromatic heterocycles. The summed E-state index contributed by atoms with van der Waals surface area (Å²) in [5.74, 6) is -1.61. The van der Waals surface area contributed by atoms with Gasteiger partial charge < -0.3 is 29.7 Å². The summed E-state index contributed by atoms with van der Waals surface area (Å²) in [6.07, 6.45) is 0. The summed E-state index contributed by atoms with van der Waals surface area (Å²) in [7, 11) is 1.61. The Balaban J connectivity index is 1.57. The van der Waals surface area contributed by atoms with Crippen LogP contribution in [0.4, 0.5) is 0 Å². The summed E-state index contributed by atoms with van der Waals surface area (Å²) in [5.41, 5.74) is 4.01. The molecule has 0 aliphatic heterocycles. The summed E-state index contributed by atoms with van der Waals surface area (Å²) in [5, 5.41) is 22.0. The molecule has 0 radical (unpaired) electrons. The lowest BCUT2D eigenvalue weighted by molar-refractivity contribution is 0.0255. The number of carbonyl (C=O) groups excluding carboxylic acids is 1. The first-order chi connectivity index (χ1) is 15.1. The zero-order valence-electron chi connectivity index (χ0n) is 17.4. The van der Waals surface area contributed by atoms with E-state index < -0.39 is 5.97 Å². The smallest absolute Gasteiger partial charge is 0.335 e. The topological polar surface area (TPSA) is 114 Å². The van der Waals surface area contributed by atoms with Crippen LogP contribution < -0.4 is 5.32 Å². The van der Waals surface area contributed by atoms with Gasteiger partial charge in [-0.1, -0.05) is 12.1 Å². The maximum atomic E-state index is 12.5. The number of hydrogen-bond donors (Lipinski definition) is 3. The van der Waals surface area contributed by atoms with E-state index in [9.17, 15) is 19.8 Å². The van der Waals surface area contributed by atoms with Gasteiger partial charge in [-0.2, -0.15) is 0 Å². The summed E-state index contributed by atoms with van der Waals surface area (Å²) < 4.78 is 15.6. The summed E-state index contributed by atoms with van der Waals surface area (Å²) in [6, 6.07) is 10.2. The van der Waals surface area contributed by atoms with Crippen molar-refractivity contribution in [3.63, 3.8) is 0 Å². The predicted molar refractivity (Wildman–Crippen MR) is 114 cm³/mol. The van der Waals surface area contributed by atoms with Gasteiger partial charge in [-0.3, -0.25) is 4.79 Å². The third-order valence-corrected chi connectivity index (χ3v) is 5.17. The molecule has 0 saturated heterocycles. The molecule has 1 unspecified atom stereocenters. The number of methoxy groups -OCH3 is 1. The lowest BCUT2D eigenvalue weighted by atomic mass is 9.95. The molecule has 31 heavy (non-hydrogen) atoms. The second-order valence-electron chi connectivity index (χ2n) is 7.12. The zero-order chi connectivity index (χ0) is 22.2. The number of carboxylic acid groups (broad SMARTS) is 1. The van der Waals surface area contributed by atoms with Gasteiger partial charge in [0.15, 0.2) is 0 Å². The van der Waals surface area contributed by atoms with Crippen molar-refractivity contribution in [1.82, 2.24) is 5.32 Å². The van der Waals surface area contributed by atoms with Crippen LogP contribution in [0, 0.1) is 0 Å². The van der Waals surface area contributed by atoms with Crippen molar-refractivity contribution in [1.29, 1.82) is 0 Å². The highest BCUT2D eigenvalue weighted by molar-refractivity contribution is 5.96.